The van der Waals surface area contributed by atoms with Crippen LogP contribution in [0.1, 0.15) is 60.7 Å². The number of carbonyl (C=O) groups is 1. The number of benzene rings is 1. The highest BCUT2D eigenvalue weighted by atomic mass is 19.1. The highest BCUT2D eigenvalue weighted by Gasteiger charge is 2.31. The average molecular weight is 462 g/mol. The largest absolute Gasteiger partial charge is 0.465 e. The fraction of sp³-hybridized carbons (Fsp3) is 0.346. The molecule has 0 radical (unpaired) electrons. The summed E-state index contributed by atoms with van der Waals surface area (Å²) in [4.78, 5) is 21.8. The molecule has 0 spiro atoms. The lowest BCUT2D eigenvalue weighted by Crippen LogP contribution is -2.09. The van der Waals surface area contributed by atoms with Crippen molar-refractivity contribution in [1.29, 1.82) is 0 Å². The maximum atomic E-state index is 14.8. The standard InChI is InChI=1S/C26H28FN5O2/c1-4-5-6-11-31-23(12-16-7-10-20(15(2)28)29-24(16)31)25-30-21-13-18(26(33)34-3)19(27)14-22(21)32(25)17-8-9-17/h4,7,10,12-15,17H,1,5-6,8-9,11,28H2,2-3H3. The predicted octanol–water partition coefficient (Wildman–Crippen LogP) is 5.30. The van der Waals surface area contributed by atoms with Crippen LogP contribution >= 0.6 is 0 Å². The number of carbonyl (C=O) groups excluding carboxylic acids is 1. The van der Waals surface area contributed by atoms with Crippen molar-refractivity contribution < 1.29 is 13.9 Å². The maximum Gasteiger partial charge on any atom is 0.340 e. The highest BCUT2D eigenvalue weighted by Crippen LogP contribution is 2.42. The molecule has 1 fully saturated rings. The van der Waals surface area contributed by atoms with Crippen LogP contribution in [-0.4, -0.2) is 32.2 Å². The van der Waals surface area contributed by atoms with E-state index in [-0.39, 0.29) is 17.6 Å². The number of aryl methyl sites for hydroxylation is 1. The van der Waals surface area contributed by atoms with E-state index in [9.17, 15) is 9.18 Å². The Kier molecular flexibility index (Phi) is 5.69. The van der Waals surface area contributed by atoms with Crippen LogP contribution in [0.3, 0.4) is 0 Å². The molecule has 1 unspecified atom stereocenters. The zero-order valence-electron chi connectivity index (χ0n) is 19.4. The van der Waals surface area contributed by atoms with Crippen molar-refractivity contribution in [1.82, 2.24) is 19.1 Å². The van der Waals surface area contributed by atoms with Gasteiger partial charge in [0.2, 0.25) is 0 Å². The van der Waals surface area contributed by atoms with Gasteiger partial charge in [0, 0.05) is 30.1 Å². The fourth-order valence-electron chi connectivity index (χ4n) is 4.47. The van der Waals surface area contributed by atoms with Crippen molar-refractivity contribution in [3.05, 3.63) is 60.1 Å². The quantitative estimate of drug-likeness (QED) is 0.219. The van der Waals surface area contributed by atoms with E-state index >= 15 is 0 Å². The van der Waals surface area contributed by atoms with Crippen LogP contribution in [0, 0.1) is 5.82 Å². The number of nitrogens with two attached hydrogens (primary N) is 1. The number of allylic oxidation sites excluding steroid dienone is 1. The molecule has 0 bridgehead atoms. The number of hydrogen-bond acceptors (Lipinski definition) is 5. The van der Waals surface area contributed by atoms with E-state index in [1.807, 2.05) is 25.1 Å². The number of methoxy groups -OCH3 is 1. The van der Waals surface area contributed by atoms with Crippen LogP contribution < -0.4 is 5.73 Å². The van der Waals surface area contributed by atoms with Crippen LogP contribution in [-0.2, 0) is 11.3 Å². The molecule has 1 aliphatic carbocycles. The van der Waals surface area contributed by atoms with Crippen molar-refractivity contribution in [2.75, 3.05) is 7.11 Å². The summed E-state index contributed by atoms with van der Waals surface area (Å²) in [5, 5.41) is 0.994. The lowest BCUT2D eigenvalue weighted by molar-refractivity contribution is 0.0595. The first-order chi connectivity index (χ1) is 16.4. The monoisotopic (exact) mass is 461 g/mol. The molecule has 1 saturated carbocycles. The third-order valence-corrected chi connectivity index (χ3v) is 6.35. The SMILES string of the molecule is C=CCCCn1c(-c2nc3cc(C(=O)OC)c(F)cc3n2C2CC2)cc2ccc(C(C)N)nc21. The molecule has 5 rings (SSSR count). The Balaban J connectivity index is 1.75. The summed E-state index contributed by atoms with van der Waals surface area (Å²) in [6.45, 7) is 6.49. The molecule has 2 N–H and O–H groups in total. The lowest BCUT2D eigenvalue weighted by Gasteiger charge is -2.13. The van der Waals surface area contributed by atoms with Crippen molar-refractivity contribution in [2.24, 2.45) is 5.73 Å². The number of imidazole rings is 1. The van der Waals surface area contributed by atoms with Crippen LogP contribution in [0.15, 0.2) is 43.0 Å². The molecule has 4 aromatic rings. The summed E-state index contributed by atoms with van der Waals surface area (Å²) in [5.74, 6) is -0.576. The van der Waals surface area contributed by atoms with E-state index in [1.54, 1.807) is 0 Å². The fourth-order valence-corrected chi connectivity index (χ4v) is 4.47. The second-order valence-corrected chi connectivity index (χ2v) is 8.90. The van der Waals surface area contributed by atoms with Gasteiger partial charge in [0.25, 0.3) is 0 Å². The van der Waals surface area contributed by atoms with Gasteiger partial charge in [-0.3, -0.25) is 0 Å². The number of pyridine rings is 1. The van der Waals surface area contributed by atoms with Gasteiger partial charge in [-0.1, -0.05) is 6.08 Å². The summed E-state index contributed by atoms with van der Waals surface area (Å²) in [7, 11) is 1.24. The number of hydrogen-bond donors (Lipinski definition) is 1. The third-order valence-electron chi connectivity index (χ3n) is 6.35. The highest BCUT2D eigenvalue weighted by molar-refractivity contribution is 5.95. The van der Waals surface area contributed by atoms with Crippen molar-refractivity contribution in [2.45, 2.75) is 51.2 Å². The summed E-state index contributed by atoms with van der Waals surface area (Å²) >= 11 is 0. The molecule has 3 heterocycles. The number of fused-ring (bicyclic) bond motifs is 2. The van der Waals surface area contributed by atoms with E-state index in [2.05, 4.69) is 21.8 Å². The number of aromatic nitrogens is 4. The number of unbranched alkanes of at least 4 members (excludes halogenated alkanes) is 1. The van der Waals surface area contributed by atoms with Gasteiger partial charge in [0.05, 0.1) is 35.1 Å². The van der Waals surface area contributed by atoms with E-state index in [0.717, 1.165) is 60.5 Å². The zero-order valence-corrected chi connectivity index (χ0v) is 19.4. The minimum absolute atomic E-state index is 0.114. The smallest absolute Gasteiger partial charge is 0.340 e. The molecule has 1 atom stereocenters. The second-order valence-electron chi connectivity index (χ2n) is 8.90. The second kappa shape index (κ2) is 8.68. The van der Waals surface area contributed by atoms with Gasteiger partial charge in [-0.2, -0.15) is 0 Å². The summed E-state index contributed by atoms with van der Waals surface area (Å²) in [6.07, 6.45) is 5.68. The Hall–Kier alpha value is -3.52. The van der Waals surface area contributed by atoms with Gasteiger partial charge in [-0.05, 0) is 56.9 Å². The van der Waals surface area contributed by atoms with Crippen molar-refractivity contribution in [3.63, 3.8) is 0 Å². The Bertz CT molecular complexity index is 1410. The van der Waals surface area contributed by atoms with Gasteiger partial charge >= 0.3 is 5.97 Å². The molecule has 0 saturated heterocycles. The van der Waals surface area contributed by atoms with Gasteiger partial charge in [-0.15, -0.1) is 6.58 Å². The predicted molar refractivity (Wildman–Crippen MR) is 130 cm³/mol. The van der Waals surface area contributed by atoms with Crippen LogP contribution in [0.2, 0.25) is 0 Å². The van der Waals surface area contributed by atoms with E-state index < -0.39 is 11.8 Å². The molecule has 7 nitrogen and oxygen atoms in total. The first-order valence-electron chi connectivity index (χ1n) is 11.6. The molecule has 0 amide bonds. The summed E-state index contributed by atoms with van der Waals surface area (Å²) < 4.78 is 23.8. The van der Waals surface area contributed by atoms with Crippen molar-refractivity contribution in [3.8, 4) is 11.5 Å². The first kappa shape index (κ1) is 22.3. The molecule has 1 aliphatic rings. The van der Waals surface area contributed by atoms with Crippen LogP contribution in [0.25, 0.3) is 33.6 Å². The minimum Gasteiger partial charge on any atom is -0.465 e. The molecule has 3 aromatic heterocycles. The van der Waals surface area contributed by atoms with Gasteiger partial charge < -0.3 is 19.6 Å². The van der Waals surface area contributed by atoms with Crippen LogP contribution in [0.4, 0.5) is 4.39 Å². The Labute approximate surface area is 197 Å². The maximum absolute atomic E-state index is 14.8. The molecular formula is C26H28FN5O2. The molecule has 8 heteroatoms. The lowest BCUT2D eigenvalue weighted by atomic mass is 10.2. The molecule has 1 aromatic carbocycles. The molecule has 176 valence electrons. The number of esters is 1. The van der Waals surface area contributed by atoms with Crippen LogP contribution in [0.5, 0.6) is 0 Å². The normalized spacial score (nSPS) is 14.6. The van der Waals surface area contributed by atoms with E-state index in [1.165, 1.54) is 19.2 Å². The molecule has 34 heavy (non-hydrogen) atoms. The van der Waals surface area contributed by atoms with Gasteiger partial charge in [0.15, 0.2) is 5.82 Å². The number of halogens is 1. The number of nitrogens with zero attached hydrogens (tertiary/aromatic N) is 4. The topological polar surface area (TPSA) is 88.0 Å². The van der Waals surface area contributed by atoms with Gasteiger partial charge in [-0.25, -0.2) is 19.2 Å². The summed E-state index contributed by atoms with van der Waals surface area (Å²) in [5.41, 5.74) is 9.82. The average Bonchev–Trinajstić information content (AvgIpc) is 3.51. The van der Waals surface area contributed by atoms with Gasteiger partial charge in [0.1, 0.15) is 11.5 Å². The Morgan fingerprint density at radius 2 is 2.12 bits per heavy atom. The van der Waals surface area contributed by atoms with E-state index in [0.29, 0.717) is 11.0 Å². The first-order valence-corrected chi connectivity index (χ1v) is 11.6. The molecule has 0 aliphatic heterocycles. The Morgan fingerprint density at radius 1 is 1.32 bits per heavy atom. The Morgan fingerprint density at radius 3 is 2.79 bits per heavy atom. The summed E-state index contributed by atoms with van der Waals surface area (Å²) in [6, 6.07) is 9.01. The number of rotatable bonds is 8. The van der Waals surface area contributed by atoms with E-state index in [4.69, 9.17) is 20.4 Å². The minimum atomic E-state index is -0.715. The van der Waals surface area contributed by atoms with Crippen molar-refractivity contribution >= 4 is 28.0 Å². The zero-order chi connectivity index (χ0) is 24.0. The molecular weight excluding hydrogens is 433 g/mol. The number of ether oxygens (including phenoxy) is 1. The third kappa shape index (κ3) is 3.77.